The summed E-state index contributed by atoms with van der Waals surface area (Å²) in [5.41, 5.74) is -0.654. The van der Waals surface area contributed by atoms with Gasteiger partial charge in [-0.1, -0.05) is 0 Å². The van der Waals surface area contributed by atoms with Gasteiger partial charge in [-0.2, -0.15) is 11.8 Å². The Balaban J connectivity index is 4.11. The van der Waals surface area contributed by atoms with Gasteiger partial charge in [0.2, 0.25) is 0 Å². The van der Waals surface area contributed by atoms with Crippen molar-refractivity contribution in [3.63, 3.8) is 0 Å². The molecule has 0 aliphatic heterocycles. The van der Waals surface area contributed by atoms with Crippen molar-refractivity contribution in [2.24, 2.45) is 0 Å². The van der Waals surface area contributed by atoms with E-state index < -0.39 is 23.7 Å². The number of carbonyl (C=O) groups excluding carboxylic acids is 1. The highest BCUT2D eigenvalue weighted by atomic mass is 32.2. The molecule has 7 heteroatoms. The van der Waals surface area contributed by atoms with Crippen LogP contribution >= 0.6 is 11.8 Å². The summed E-state index contributed by atoms with van der Waals surface area (Å²) in [6, 6.07) is -0.967. The molecule has 0 aliphatic carbocycles. The largest absolute Gasteiger partial charge is 0.480 e. The second-order valence-corrected chi connectivity index (χ2v) is 5.89. The molecule has 0 saturated carbocycles. The monoisotopic (exact) mass is 279 g/mol. The molecule has 1 unspecified atom stereocenters. The van der Waals surface area contributed by atoms with Crippen molar-refractivity contribution in [2.75, 3.05) is 18.1 Å². The fourth-order valence-corrected chi connectivity index (χ4v) is 1.81. The number of amides is 1. The number of carboxylic acid groups (broad SMARTS) is 1. The summed E-state index contributed by atoms with van der Waals surface area (Å²) in [6.45, 7) is 5.18. The summed E-state index contributed by atoms with van der Waals surface area (Å²) in [5, 5.41) is 19.8. The third-order valence-electron chi connectivity index (χ3n) is 1.78. The molecule has 3 N–H and O–H groups in total. The number of carbonyl (C=O) groups is 2. The molecule has 1 atom stereocenters. The van der Waals surface area contributed by atoms with Crippen LogP contribution < -0.4 is 5.32 Å². The zero-order valence-electron chi connectivity index (χ0n) is 10.9. The topological polar surface area (TPSA) is 95.9 Å². The Morgan fingerprint density at radius 2 is 1.94 bits per heavy atom. The van der Waals surface area contributed by atoms with E-state index in [1.807, 2.05) is 0 Å². The fourth-order valence-electron chi connectivity index (χ4n) is 1.07. The van der Waals surface area contributed by atoms with Gasteiger partial charge in [0.1, 0.15) is 11.6 Å². The Bertz CT molecular complexity index is 277. The zero-order chi connectivity index (χ0) is 14.2. The van der Waals surface area contributed by atoms with Gasteiger partial charge >= 0.3 is 12.1 Å². The lowest BCUT2D eigenvalue weighted by Crippen LogP contribution is -2.43. The number of aliphatic hydroxyl groups is 1. The highest BCUT2D eigenvalue weighted by Crippen LogP contribution is 2.08. The van der Waals surface area contributed by atoms with Crippen LogP contribution in [0, 0.1) is 0 Å². The molecule has 0 spiro atoms. The lowest BCUT2D eigenvalue weighted by molar-refractivity contribution is -0.139. The van der Waals surface area contributed by atoms with Gasteiger partial charge in [-0.25, -0.2) is 9.59 Å². The lowest BCUT2D eigenvalue weighted by Gasteiger charge is -2.21. The average molecular weight is 279 g/mol. The molecule has 0 rings (SSSR count). The number of aliphatic carboxylic acids is 1. The number of carboxylic acids is 1. The maximum Gasteiger partial charge on any atom is 0.408 e. The highest BCUT2D eigenvalue weighted by molar-refractivity contribution is 7.99. The number of rotatable bonds is 7. The third kappa shape index (κ3) is 9.12. The van der Waals surface area contributed by atoms with Gasteiger partial charge in [0.05, 0.1) is 6.61 Å². The molecule has 0 fully saturated rings. The van der Waals surface area contributed by atoms with Gasteiger partial charge in [0, 0.05) is 5.75 Å². The first-order chi connectivity index (χ1) is 8.26. The van der Waals surface area contributed by atoms with Crippen molar-refractivity contribution >= 4 is 23.8 Å². The fraction of sp³-hybridized carbons (Fsp3) is 0.818. The highest BCUT2D eigenvalue weighted by Gasteiger charge is 2.23. The van der Waals surface area contributed by atoms with Crippen molar-refractivity contribution < 1.29 is 24.5 Å². The maximum absolute atomic E-state index is 11.4. The first-order valence-electron chi connectivity index (χ1n) is 5.67. The molecular weight excluding hydrogens is 258 g/mol. The van der Waals surface area contributed by atoms with Crippen molar-refractivity contribution in [2.45, 2.75) is 38.8 Å². The van der Waals surface area contributed by atoms with Crippen LogP contribution in [0.3, 0.4) is 0 Å². The minimum absolute atomic E-state index is 0.0574. The van der Waals surface area contributed by atoms with E-state index in [-0.39, 0.29) is 6.61 Å². The van der Waals surface area contributed by atoms with Gasteiger partial charge in [0.15, 0.2) is 0 Å². The second-order valence-electron chi connectivity index (χ2n) is 4.66. The lowest BCUT2D eigenvalue weighted by atomic mass is 10.2. The van der Waals surface area contributed by atoms with Crippen LogP contribution in [0.2, 0.25) is 0 Å². The maximum atomic E-state index is 11.4. The summed E-state index contributed by atoms with van der Waals surface area (Å²) >= 11 is 1.43. The number of aliphatic hydroxyl groups excluding tert-OH is 1. The Labute approximate surface area is 111 Å². The van der Waals surface area contributed by atoms with E-state index in [1.54, 1.807) is 20.8 Å². The average Bonchev–Trinajstić information content (AvgIpc) is 2.19. The summed E-state index contributed by atoms with van der Waals surface area (Å²) in [6.07, 6.45) is -0.443. The summed E-state index contributed by atoms with van der Waals surface area (Å²) < 4.78 is 4.99. The summed E-state index contributed by atoms with van der Waals surface area (Å²) in [4.78, 5) is 22.4. The number of ether oxygens (including phenoxy) is 1. The van der Waals surface area contributed by atoms with Gasteiger partial charge in [0.25, 0.3) is 0 Å². The van der Waals surface area contributed by atoms with Gasteiger partial charge in [-0.05, 0) is 32.9 Å². The molecule has 6 nitrogen and oxygen atoms in total. The van der Waals surface area contributed by atoms with E-state index >= 15 is 0 Å². The van der Waals surface area contributed by atoms with E-state index in [2.05, 4.69) is 5.32 Å². The first-order valence-corrected chi connectivity index (χ1v) is 6.82. The Morgan fingerprint density at radius 3 is 2.39 bits per heavy atom. The van der Waals surface area contributed by atoms with Crippen molar-refractivity contribution in [1.29, 1.82) is 0 Å². The van der Waals surface area contributed by atoms with Crippen molar-refractivity contribution in [3.05, 3.63) is 0 Å². The second kappa shape index (κ2) is 8.20. The third-order valence-corrected chi connectivity index (χ3v) is 2.77. The van der Waals surface area contributed by atoms with Gasteiger partial charge in [-0.3, -0.25) is 0 Å². The zero-order valence-corrected chi connectivity index (χ0v) is 11.7. The van der Waals surface area contributed by atoms with Crippen LogP contribution in [0.5, 0.6) is 0 Å². The molecule has 18 heavy (non-hydrogen) atoms. The predicted octanol–water partition coefficient (Wildman–Crippen LogP) is 1.08. The van der Waals surface area contributed by atoms with Crippen molar-refractivity contribution in [3.8, 4) is 0 Å². The molecule has 0 aromatic rings. The van der Waals surface area contributed by atoms with E-state index in [1.165, 1.54) is 11.8 Å². The SMILES string of the molecule is CC(C)(C)OC(=O)NC(CCSCCO)C(=O)O. The standard InChI is InChI=1S/C11H21NO5S/c1-11(2,3)17-10(16)12-8(9(14)15)4-6-18-7-5-13/h8,13H,4-7H2,1-3H3,(H,12,16)(H,14,15). The number of nitrogens with one attached hydrogen (secondary N) is 1. The van der Waals surface area contributed by atoms with Crippen molar-refractivity contribution in [1.82, 2.24) is 5.32 Å². The Kier molecular flexibility index (Phi) is 7.77. The summed E-state index contributed by atoms with van der Waals surface area (Å²) in [7, 11) is 0. The van der Waals surface area contributed by atoms with Crippen LogP contribution in [-0.4, -0.2) is 52.0 Å². The van der Waals surface area contributed by atoms with Crippen LogP contribution in [0.4, 0.5) is 4.79 Å². The Hall–Kier alpha value is -0.950. The van der Waals surface area contributed by atoms with E-state index in [4.69, 9.17) is 14.9 Å². The van der Waals surface area contributed by atoms with Crippen LogP contribution in [-0.2, 0) is 9.53 Å². The van der Waals surface area contributed by atoms with Crippen LogP contribution in [0.1, 0.15) is 27.2 Å². The molecule has 0 saturated heterocycles. The number of alkyl carbamates (subject to hydrolysis) is 1. The Morgan fingerprint density at radius 1 is 1.33 bits per heavy atom. The number of hydrogen-bond donors (Lipinski definition) is 3. The predicted molar refractivity (Wildman–Crippen MR) is 69.8 cm³/mol. The number of thioether (sulfide) groups is 1. The first kappa shape index (κ1) is 17.1. The van der Waals surface area contributed by atoms with E-state index in [0.29, 0.717) is 17.9 Å². The molecule has 106 valence electrons. The number of hydrogen-bond acceptors (Lipinski definition) is 5. The van der Waals surface area contributed by atoms with Gasteiger partial charge in [-0.15, -0.1) is 0 Å². The summed E-state index contributed by atoms with van der Waals surface area (Å²) in [5.74, 6) is 0.0111. The van der Waals surface area contributed by atoms with Gasteiger partial charge < -0.3 is 20.3 Å². The smallest absolute Gasteiger partial charge is 0.408 e. The molecule has 1 amide bonds. The normalized spacial score (nSPS) is 12.9. The minimum Gasteiger partial charge on any atom is -0.480 e. The molecular formula is C11H21NO5S. The molecule has 0 aliphatic rings. The molecule has 0 heterocycles. The van der Waals surface area contributed by atoms with E-state index in [0.717, 1.165) is 0 Å². The van der Waals surface area contributed by atoms with Crippen LogP contribution in [0.15, 0.2) is 0 Å². The molecule has 0 aromatic carbocycles. The molecule has 0 aromatic heterocycles. The molecule has 0 bridgehead atoms. The minimum atomic E-state index is -1.09. The van der Waals surface area contributed by atoms with E-state index in [9.17, 15) is 9.59 Å². The quantitative estimate of drug-likeness (QED) is 0.604. The van der Waals surface area contributed by atoms with Crippen LogP contribution in [0.25, 0.3) is 0 Å². The molecule has 0 radical (unpaired) electrons.